The van der Waals surface area contributed by atoms with E-state index in [-0.39, 0.29) is 0 Å². The normalized spacial score (nSPS) is 21.2. The number of piperidine rings is 1. The topological polar surface area (TPSA) is 62.9 Å². The minimum absolute atomic E-state index is 0.423. The summed E-state index contributed by atoms with van der Waals surface area (Å²) in [6, 6.07) is 8.41. The number of para-hydroxylation sites is 1. The predicted molar refractivity (Wildman–Crippen MR) is 96.7 cm³/mol. The van der Waals surface area contributed by atoms with Crippen molar-refractivity contribution in [1.29, 1.82) is 0 Å². The molecule has 1 aromatic rings. The minimum Gasteiger partial charge on any atom is -0.380 e. The van der Waals surface area contributed by atoms with Crippen LogP contribution in [0.2, 0.25) is 0 Å². The third-order valence-corrected chi connectivity index (χ3v) is 4.42. The molecule has 2 unspecified atom stereocenters. The number of nitrogens with two attached hydrogens (primary N) is 1. The van der Waals surface area contributed by atoms with Crippen LogP contribution in [0.4, 0.5) is 5.69 Å². The lowest BCUT2D eigenvalue weighted by molar-refractivity contribution is 0.142. The molecule has 0 spiro atoms. The Morgan fingerprint density at radius 2 is 2.26 bits per heavy atom. The number of nitrogens with zero attached hydrogens (tertiary/aromatic N) is 2. The zero-order valence-electron chi connectivity index (χ0n) is 14.6. The summed E-state index contributed by atoms with van der Waals surface area (Å²) in [6.45, 7) is 8.17. The first kappa shape index (κ1) is 17.8. The molecular weight excluding hydrogens is 288 g/mol. The molecule has 2 rings (SSSR count). The Morgan fingerprint density at radius 1 is 1.48 bits per heavy atom. The van der Waals surface area contributed by atoms with Gasteiger partial charge in [-0.1, -0.05) is 25.1 Å². The lowest BCUT2D eigenvalue weighted by atomic mass is 9.99. The van der Waals surface area contributed by atoms with Crippen molar-refractivity contribution in [1.82, 2.24) is 4.90 Å². The van der Waals surface area contributed by atoms with Gasteiger partial charge < -0.3 is 15.8 Å². The Kier molecular flexibility index (Phi) is 6.86. The molecular formula is C18H30N4O. The molecule has 128 valence electrons. The summed E-state index contributed by atoms with van der Waals surface area (Å²) in [7, 11) is 1.69. The Hall–Kier alpha value is -1.59. The molecule has 5 nitrogen and oxygen atoms in total. The van der Waals surface area contributed by atoms with Crippen molar-refractivity contribution in [2.24, 2.45) is 16.6 Å². The number of likely N-dealkylation sites (tertiary alicyclic amines) is 1. The first-order chi connectivity index (χ1) is 11.1. The zero-order valence-corrected chi connectivity index (χ0v) is 14.6. The van der Waals surface area contributed by atoms with Crippen LogP contribution >= 0.6 is 0 Å². The Bertz CT molecular complexity index is 517. The van der Waals surface area contributed by atoms with Gasteiger partial charge in [0.25, 0.3) is 0 Å². The highest BCUT2D eigenvalue weighted by Gasteiger charge is 2.20. The summed E-state index contributed by atoms with van der Waals surface area (Å²) in [6.07, 6.45) is 2.62. The molecule has 1 aliphatic rings. The number of anilines is 1. The number of hydrogen-bond acceptors (Lipinski definition) is 3. The number of rotatable bonds is 6. The fourth-order valence-electron chi connectivity index (χ4n) is 3.07. The van der Waals surface area contributed by atoms with Crippen molar-refractivity contribution in [3.8, 4) is 0 Å². The molecule has 23 heavy (non-hydrogen) atoms. The van der Waals surface area contributed by atoms with E-state index >= 15 is 0 Å². The Labute approximate surface area is 139 Å². The van der Waals surface area contributed by atoms with Crippen LogP contribution in [0.5, 0.6) is 0 Å². The van der Waals surface area contributed by atoms with E-state index in [4.69, 9.17) is 10.5 Å². The van der Waals surface area contributed by atoms with Gasteiger partial charge in [0.05, 0.1) is 13.2 Å². The molecule has 1 aromatic carbocycles. The van der Waals surface area contributed by atoms with Crippen LogP contribution in [0.1, 0.15) is 32.3 Å². The number of nitrogens with one attached hydrogen (secondary N) is 1. The van der Waals surface area contributed by atoms with E-state index in [1.165, 1.54) is 25.9 Å². The number of methoxy groups -OCH3 is 1. The van der Waals surface area contributed by atoms with Crippen molar-refractivity contribution >= 4 is 11.6 Å². The van der Waals surface area contributed by atoms with Gasteiger partial charge in [0.15, 0.2) is 5.96 Å². The molecule has 1 aliphatic heterocycles. The number of hydrogen-bond donors (Lipinski definition) is 2. The summed E-state index contributed by atoms with van der Waals surface area (Å²) in [5.74, 6) is 1.25. The number of aliphatic imine (C=N–C) groups is 1. The van der Waals surface area contributed by atoms with E-state index in [1.54, 1.807) is 7.11 Å². The third kappa shape index (κ3) is 5.52. The summed E-state index contributed by atoms with van der Waals surface area (Å²) >= 11 is 0. The van der Waals surface area contributed by atoms with Gasteiger partial charge in [-0.2, -0.15) is 0 Å². The SMILES string of the molecule is COCc1ccccc1NC(N)=NCC(C)N1CCCC(C)C1. The molecule has 1 saturated heterocycles. The number of ether oxygens (including phenoxy) is 1. The first-order valence-corrected chi connectivity index (χ1v) is 8.48. The molecule has 0 bridgehead atoms. The van der Waals surface area contributed by atoms with Crippen molar-refractivity contribution in [2.75, 3.05) is 32.1 Å². The zero-order chi connectivity index (χ0) is 16.7. The van der Waals surface area contributed by atoms with Crippen LogP contribution in [-0.2, 0) is 11.3 Å². The maximum Gasteiger partial charge on any atom is 0.193 e. The molecule has 3 N–H and O–H groups in total. The van der Waals surface area contributed by atoms with Crippen LogP contribution in [0.15, 0.2) is 29.3 Å². The van der Waals surface area contributed by atoms with Gasteiger partial charge in [0, 0.05) is 30.9 Å². The predicted octanol–water partition coefficient (Wildman–Crippen LogP) is 2.68. The van der Waals surface area contributed by atoms with Gasteiger partial charge in [0.2, 0.25) is 0 Å². The summed E-state index contributed by atoms with van der Waals surface area (Å²) in [4.78, 5) is 7.04. The van der Waals surface area contributed by atoms with Gasteiger partial charge in [-0.05, 0) is 38.3 Å². The van der Waals surface area contributed by atoms with Crippen LogP contribution in [0, 0.1) is 5.92 Å². The third-order valence-electron chi connectivity index (χ3n) is 4.42. The van der Waals surface area contributed by atoms with E-state index in [2.05, 4.69) is 29.1 Å². The van der Waals surface area contributed by atoms with E-state index in [0.29, 0.717) is 18.6 Å². The molecule has 0 amide bonds. The van der Waals surface area contributed by atoms with E-state index in [0.717, 1.165) is 23.7 Å². The highest BCUT2D eigenvalue weighted by atomic mass is 16.5. The van der Waals surface area contributed by atoms with Gasteiger partial charge in [0.1, 0.15) is 0 Å². The molecule has 0 saturated carbocycles. The van der Waals surface area contributed by atoms with Crippen LogP contribution < -0.4 is 11.1 Å². The highest BCUT2D eigenvalue weighted by molar-refractivity contribution is 5.92. The highest BCUT2D eigenvalue weighted by Crippen LogP contribution is 2.18. The van der Waals surface area contributed by atoms with Crippen LogP contribution in [0.3, 0.4) is 0 Å². The molecule has 2 atom stereocenters. The van der Waals surface area contributed by atoms with Crippen molar-refractivity contribution < 1.29 is 4.74 Å². The van der Waals surface area contributed by atoms with E-state index in [1.807, 2.05) is 24.3 Å². The van der Waals surface area contributed by atoms with E-state index < -0.39 is 0 Å². The van der Waals surface area contributed by atoms with Crippen molar-refractivity contribution in [3.05, 3.63) is 29.8 Å². The smallest absolute Gasteiger partial charge is 0.193 e. The maximum absolute atomic E-state index is 6.06. The monoisotopic (exact) mass is 318 g/mol. The summed E-state index contributed by atoms with van der Waals surface area (Å²) in [5.41, 5.74) is 8.08. The van der Waals surface area contributed by atoms with Crippen LogP contribution in [-0.4, -0.2) is 43.6 Å². The van der Waals surface area contributed by atoms with Crippen molar-refractivity contribution in [2.45, 2.75) is 39.3 Å². The standard InChI is InChI=1S/C18H30N4O/c1-14-7-6-10-22(12-14)15(2)11-20-18(19)21-17-9-5-4-8-16(17)13-23-3/h4-5,8-9,14-15H,6-7,10-13H2,1-3H3,(H3,19,20,21). The molecule has 1 fully saturated rings. The fourth-order valence-corrected chi connectivity index (χ4v) is 3.07. The first-order valence-electron chi connectivity index (χ1n) is 8.48. The lowest BCUT2D eigenvalue weighted by Gasteiger charge is -2.34. The second-order valence-corrected chi connectivity index (χ2v) is 6.53. The number of benzene rings is 1. The molecule has 0 radical (unpaired) electrons. The van der Waals surface area contributed by atoms with Gasteiger partial charge in [-0.3, -0.25) is 9.89 Å². The lowest BCUT2D eigenvalue weighted by Crippen LogP contribution is -2.42. The summed E-state index contributed by atoms with van der Waals surface area (Å²) in [5, 5.41) is 3.19. The molecule has 0 aliphatic carbocycles. The average Bonchev–Trinajstić information content (AvgIpc) is 2.54. The fraction of sp³-hybridized carbons (Fsp3) is 0.611. The maximum atomic E-state index is 6.06. The van der Waals surface area contributed by atoms with Gasteiger partial charge >= 0.3 is 0 Å². The largest absolute Gasteiger partial charge is 0.380 e. The Morgan fingerprint density at radius 3 is 3.00 bits per heavy atom. The van der Waals surface area contributed by atoms with E-state index in [9.17, 15) is 0 Å². The van der Waals surface area contributed by atoms with Crippen LogP contribution in [0.25, 0.3) is 0 Å². The molecule has 5 heteroatoms. The second-order valence-electron chi connectivity index (χ2n) is 6.53. The average molecular weight is 318 g/mol. The van der Waals surface area contributed by atoms with Gasteiger partial charge in [-0.25, -0.2) is 0 Å². The van der Waals surface area contributed by atoms with Gasteiger partial charge in [-0.15, -0.1) is 0 Å². The second kappa shape index (κ2) is 8.89. The quantitative estimate of drug-likeness (QED) is 0.625. The molecule has 0 aromatic heterocycles. The Balaban J connectivity index is 1.90. The number of guanidine groups is 1. The summed E-state index contributed by atoms with van der Waals surface area (Å²) < 4.78 is 5.21. The molecule has 1 heterocycles. The van der Waals surface area contributed by atoms with Crippen molar-refractivity contribution in [3.63, 3.8) is 0 Å². The minimum atomic E-state index is 0.423.